The smallest absolute Gasteiger partial charge is 0.309 e. The van der Waals surface area contributed by atoms with E-state index in [4.69, 9.17) is 14.2 Å². The van der Waals surface area contributed by atoms with E-state index >= 15 is 0 Å². The van der Waals surface area contributed by atoms with Gasteiger partial charge in [0.2, 0.25) is 0 Å². The summed E-state index contributed by atoms with van der Waals surface area (Å²) in [5.41, 5.74) is -0.322. The van der Waals surface area contributed by atoms with E-state index in [2.05, 4.69) is 6.92 Å². The Balaban J connectivity index is 1.47. The number of carbonyl (C=O) groups excluding carboxylic acids is 1. The van der Waals surface area contributed by atoms with Crippen LogP contribution in [0, 0.1) is 5.92 Å². The second-order valence-electron chi connectivity index (χ2n) is 6.58. The molecule has 108 valence electrons. The molecule has 4 heteroatoms. The number of hydrogen-bond donors (Lipinski definition) is 0. The van der Waals surface area contributed by atoms with E-state index in [1.54, 1.807) is 0 Å². The van der Waals surface area contributed by atoms with Crippen LogP contribution in [0.4, 0.5) is 0 Å². The Bertz CT molecular complexity index is 369. The maximum atomic E-state index is 12.2. The molecule has 2 heterocycles. The Kier molecular flexibility index (Phi) is 3.34. The summed E-state index contributed by atoms with van der Waals surface area (Å²) in [4.78, 5) is 12.2. The number of esters is 1. The van der Waals surface area contributed by atoms with E-state index in [0.29, 0.717) is 18.3 Å². The summed E-state index contributed by atoms with van der Waals surface area (Å²) >= 11 is 0. The van der Waals surface area contributed by atoms with E-state index in [0.717, 1.165) is 32.1 Å². The molecule has 2 aliphatic heterocycles. The summed E-state index contributed by atoms with van der Waals surface area (Å²) in [5, 5.41) is 0. The molecule has 1 aliphatic carbocycles. The molecule has 19 heavy (non-hydrogen) atoms. The fourth-order valence-corrected chi connectivity index (χ4v) is 3.21. The van der Waals surface area contributed by atoms with Crippen LogP contribution in [0.5, 0.6) is 0 Å². The normalized spacial score (nSPS) is 45.2. The molecule has 6 atom stereocenters. The van der Waals surface area contributed by atoms with Crippen LogP contribution in [0.15, 0.2) is 0 Å². The van der Waals surface area contributed by atoms with Gasteiger partial charge >= 0.3 is 5.97 Å². The van der Waals surface area contributed by atoms with Crippen molar-refractivity contribution in [3.63, 3.8) is 0 Å². The van der Waals surface area contributed by atoms with Crippen molar-refractivity contribution in [2.75, 3.05) is 0 Å². The summed E-state index contributed by atoms with van der Waals surface area (Å²) in [7, 11) is 0. The summed E-state index contributed by atoms with van der Waals surface area (Å²) in [6, 6.07) is 0. The van der Waals surface area contributed by atoms with Crippen LogP contribution in [0.2, 0.25) is 0 Å². The lowest BCUT2D eigenvalue weighted by Gasteiger charge is -2.32. The molecule has 0 aromatic carbocycles. The van der Waals surface area contributed by atoms with Gasteiger partial charge in [0, 0.05) is 6.42 Å². The summed E-state index contributed by atoms with van der Waals surface area (Å²) in [6.45, 7) is 6.10. The number of hydrogen-bond acceptors (Lipinski definition) is 4. The van der Waals surface area contributed by atoms with Gasteiger partial charge < -0.3 is 14.2 Å². The minimum Gasteiger partial charge on any atom is -0.459 e. The van der Waals surface area contributed by atoms with Gasteiger partial charge in [-0.25, -0.2) is 0 Å². The minimum atomic E-state index is -0.322. The molecular formula is C15H24O4. The average Bonchev–Trinajstić information content (AvgIpc) is 3.23. The topological polar surface area (TPSA) is 51.4 Å². The highest BCUT2D eigenvalue weighted by Crippen LogP contribution is 2.43. The summed E-state index contributed by atoms with van der Waals surface area (Å²) < 4.78 is 16.8. The predicted molar refractivity (Wildman–Crippen MR) is 69.7 cm³/mol. The quantitative estimate of drug-likeness (QED) is 0.567. The van der Waals surface area contributed by atoms with Crippen LogP contribution in [-0.4, -0.2) is 36.0 Å². The maximum Gasteiger partial charge on any atom is 0.309 e. The molecule has 0 N–H and O–H groups in total. The monoisotopic (exact) mass is 268 g/mol. The molecule has 0 aromatic heterocycles. The molecule has 0 bridgehead atoms. The number of carbonyl (C=O) groups is 1. The molecule has 0 radical (unpaired) electrons. The van der Waals surface area contributed by atoms with Crippen LogP contribution in [0.1, 0.15) is 52.9 Å². The zero-order chi connectivity index (χ0) is 13.6. The lowest BCUT2D eigenvalue weighted by Crippen LogP contribution is -2.38. The lowest BCUT2D eigenvalue weighted by molar-refractivity contribution is -0.165. The van der Waals surface area contributed by atoms with Crippen molar-refractivity contribution in [1.82, 2.24) is 0 Å². The molecule has 2 saturated heterocycles. The van der Waals surface area contributed by atoms with Gasteiger partial charge in [-0.3, -0.25) is 4.79 Å². The predicted octanol–water partition coefficient (Wildman–Crippen LogP) is 2.44. The van der Waals surface area contributed by atoms with Gasteiger partial charge in [0.05, 0.1) is 30.3 Å². The van der Waals surface area contributed by atoms with E-state index < -0.39 is 0 Å². The highest BCUT2D eigenvalue weighted by molar-refractivity contribution is 5.72. The van der Waals surface area contributed by atoms with Crippen molar-refractivity contribution in [3.05, 3.63) is 0 Å². The molecule has 1 saturated carbocycles. The first-order valence-corrected chi connectivity index (χ1v) is 7.54. The SMILES string of the molecule is CCC1OC1CC(C)C(=O)OC1(C)CCC2OC2C1. The summed E-state index contributed by atoms with van der Waals surface area (Å²) in [5.74, 6) is -0.150. The van der Waals surface area contributed by atoms with Crippen molar-refractivity contribution in [2.45, 2.75) is 82.9 Å². The third-order valence-corrected chi connectivity index (χ3v) is 4.70. The molecule has 6 unspecified atom stereocenters. The standard InChI is InChI=1S/C15H24O4/c1-4-10-12(17-10)7-9(2)14(16)19-15(3)6-5-11-13(8-15)18-11/h9-13H,4-8H2,1-3H3. The van der Waals surface area contributed by atoms with Gasteiger partial charge in [0.25, 0.3) is 0 Å². The maximum absolute atomic E-state index is 12.2. The fraction of sp³-hybridized carbons (Fsp3) is 0.933. The highest BCUT2D eigenvalue weighted by atomic mass is 16.6. The lowest BCUT2D eigenvalue weighted by atomic mass is 9.86. The van der Waals surface area contributed by atoms with E-state index in [1.807, 2.05) is 13.8 Å². The number of ether oxygens (including phenoxy) is 3. The Morgan fingerprint density at radius 2 is 2.16 bits per heavy atom. The first-order chi connectivity index (χ1) is 9.00. The second kappa shape index (κ2) is 4.74. The Morgan fingerprint density at radius 1 is 1.37 bits per heavy atom. The molecular weight excluding hydrogens is 244 g/mol. The van der Waals surface area contributed by atoms with Crippen molar-refractivity contribution in [1.29, 1.82) is 0 Å². The number of rotatable bonds is 5. The molecule has 3 aliphatic rings. The average molecular weight is 268 g/mol. The van der Waals surface area contributed by atoms with Gasteiger partial charge in [-0.2, -0.15) is 0 Å². The van der Waals surface area contributed by atoms with E-state index in [1.165, 1.54) is 0 Å². The van der Waals surface area contributed by atoms with Crippen molar-refractivity contribution < 1.29 is 19.0 Å². The van der Waals surface area contributed by atoms with E-state index in [9.17, 15) is 4.79 Å². The third-order valence-electron chi connectivity index (χ3n) is 4.70. The molecule has 3 fully saturated rings. The Labute approximate surface area is 114 Å². The second-order valence-corrected chi connectivity index (χ2v) is 6.58. The third kappa shape index (κ3) is 2.95. The van der Waals surface area contributed by atoms with Crippen LogP contribution in [0.25, 0.3) is 0 Å². The number of fused-ring (bicyclic) bond motifs is 1. The first kappa shape index (κ1) is 13.4. The molecule has 3 rings (SSSR count). The van der Waals surface area contributed by atoms with Crippen molar-refractivity contribution >= 4 is 5.97 Å². The zero-order valence-corrected chi connectivity index (χ0v) is 12.1. The number of epoxide rings is 2. The van der Waals surface area contributed by atoms with Gasteiger partial charge in [0.1, 0.15) is 5.60 Å². The van der Waals surface area contributed by atoms with Crippen molar-refractivity contribution in [2.24, 2.45) is 5.92 Å². The molecule has 0 spiro atoms. The van der Waals surface area contributed by atoms with Crippen LogP contribution in [-0.2, 0) is 19.0 Å². The fourth-order valence-electron chi connectivity index (χ4n) is 3.21. The van der Waals surface area contributed by atoms with E-state index in [-0.39, 0.29) is 23.6 Å². The first-order valence-electron chi connectivity index (χ1n) is 7.54. The van der Waals surface area contributed by atoms with Gasteiger partial charge in [0.15, 0.2) is 0 Å². The largest absolute Gasteiger partial charge is 0.459 e. The van der Waals surface area contributed by atoms with Gasteiger partial charge in [-0.05, 0) is 32.6 Å². The zero-order valence-electron chi connectivity index (χ0n) is 12.1. The molecule has 4 nitrogen and oxygen atoms in total. The molecule has 0 aromatic rings. The van der Waals surface area contributed by atoms with Gasteiger partial charge in [-0.15, -0.1) is 0 Å². The highest BCUT2D eigenvalue weighted by Gasteiger charge is 2.50. The van der Waals surface area contributed by atoms with Crippen molar-refractivity contribution in [3.8, 4) is 0 Å². The summed E-state index contributed by atoms with van der Waals surface area (Å²) in [6.07, 6.45) is 6.02. The Hall–Kier alpha value is -0.610. The van der Waals surface area contributed by atoms with Crippen LogP contribution >= 0.6 is 0 Å². The minimum absolute atomic E-state index is 0.0729. The molecule has 0 amide bonds. The van der Waals surface area contributed by atoms with Gasteiger partial charge in [-0.1, -0.05) is 13.8 Å². The van der Waals surface area contributed by atoms with Crippen LogP contribution in [0.3, 0.4) is 0 Å². The Morgan fingerprint density at radius 3 is 2.79 bits per heavy atom. The van der Waals surface area contributed by atoms with Crippen LogP contribution < -0.4 is 0 Å².